The number of nitrogens with one attached hydrogen (secondary N) is 1. The van der Waals surface area contributed by atoms with Gasteiger partial charge < -0.3 is 5.32 Å². The molecule has 1 N–H and O–H groups in total. The zero-order valence-electron chi connectivity index (χ0n) is 13.3. The summed E-state index contributed by atoms with van der Waals surface area (Å²) in [4.78, 5) is 4.10. The molecule has 1 atom stereocenters. The van der Waals surface area contributed by atoms with E-state index >= 15 is 0 Å². The second-order valence-corrected chi connectivity index (χ2v) is 6.74. The third-order valence-electron chi connectivity index (χ3n) is 4.67. The third kappa shape index (κ3) is 5.60. The molecule has 1 unspecified atom stereocenters. The minimum absolute atomic E-state index is 0.558. The van der Waals surface area contributed by atoms with E-state index in [0.717, 1.165) is 23.9 Å². The van der Waals surface area contributed by atoms with Crippen molar-refractivity contribution in [1.29, 1.82) is 0 Å². The second-order valence-electron chi connectivity index (χ2n) is 6.34. The summed E-state index contributed by atoms with van der Waals surface area (Å²) in [6.45, 7) is 3.34. The van der Waals surface area contributed by atoms with Crippen molar-refractivity contribution in [2.45, 2.75) is 70.8 Å². The molecular formula is C18H29ClN2. The highest BCUT2D eigenvalue weighted by molar-refractivity contribution is 6.31. The molecule has 118 valence electrons. The van der Waals surface area contributed by atoms with Crippen molar-refractivity contribution in [2.24, 2.45) is 5.92 Å². The highest BCUT2D eigenvalue weighted by atomic mass is 35.5. The van der Waals surface area contributed by atoms with Crippen LogP contribution in [-0.2, 0) is 6.42 Å². The Hall–Kier alpha value is -0.600. The summed E-state index contributed by atoms with van der Waals surface area (Å²) in [6, 6.07) is 2.63. The Morgan fingerprint density at radius 2 is 1.95 bits per heavy atom. The standard InChI is InChI=1S/C18H29ClN2/c1-2-11-21-18(13-16-10-12-20-14-17(16)19)15-8-6-4-3-5-7-9-15/h10,12,14-15,18,21H,2-9,11,13H2,1H3. The Balaban J connectivity index is 2.03. The van der Waals surface area contributed by atoms with Crippen LogP contribution >= 0.6 is 11.6 Å². The molecule has 1 aliphatic carbocycles. The van der Waals surface area contributed by atoms with Gasteiger partial charge in [0.15, 0.2) is 0 Å². The summed E-state index contributed by atoms with van der Waals surface area (Å²) in [7, 11) is 0. The number of rotatable bonds is 6. The number of nitrogens with zero attached hydrogens (tertiary/aromatic N) is 1. The van der Waals surface area contributed by atoms with Crippen LogP contribution in [0.4, 0.5) is 0 Å². The first-order chi connectivity index (χ1) is 10.3. The number of hydrogen-bond acceptors (Lipinski definition) is 2. The molecule has 21 heavy (non-hydrogen) atoms. The molecule has 3 heteroatoms. The summed E-state index contributed by atoms with van der Waals surface area (Å²) in [5.41, 5.74) is 1.24. The molecule has 0 spiro atoms. The van der Waals surface area contributed by atoms with E-state index in [2.05, 4.69) is 23.3 Å². The van der Waals surface area contributed by atoms with Gasteiger partial charge >= 0.3 is 0 Å². The van der Waals surface area contributed by atoms with Gasteiger partial charge in [0.2, 0.25) is 0 Å². The highest BCUT2D eigenvalue weighted by Gasteiger charge is 2.22. The fourth-order valence-corrected chi connectivity index (χ4v) is 3.63. The molecule has 1 aliphatic rings. The first kappa shape index (κ1) is 16.8. The Kier molecular flexibility index (Phi) is 7.52. The van der Waals surface area contributed by atoms with Gasteiger partial charge in [-0.25, -0.2) is 0 Å². The molecule has 0 amide bonds. The average molecular weight is 309 g/mol. The van der Waals surface area contributed by atoms with E-state index in [0.29, 0.717) is 6.04 Å². The fourth-order valence-electron chi connectivity index (χ4n) is 3.43. The molecule has 1 fully saturated rings. The van der Waals surface area contributed by atoms with Crippen LogP contribution < -0.4 is 5.32 Å². The minimum Gasteiger partial charge on any atom is -0.313 e. The Morgan fingerprint density at radius 3 is 2.62 bits per heavy atom. The SMILES string of the molecule is CCCNC(Cc1ccncc1Cl)C1CCCCCCC1. The van der Waals surface area contributed by atoms with Crippen molar-refractivity contribution < 1.29 is 0 Å². The Bertz CT molecular complexity index is 400. The molecule has 0 bridgehead atoms. The van der Waals surface area contributed by atoms with Gasteiger partial charge in [0, 0.05) is 18.4 Å². The van der Waals surface area contributed by atoms with Crippen LogP contribution in [0.15, 0.2) is 18.5 Å². The zero-order chi connectivity index (χ0) is 14.9. The Morgan fingerprint density at radius 1 is 1.24 bits per heavy atom. The molecule has 1 saturated carbocycles. The smallest absolute Gasteiger partial charge is 0.0621 e. The molecule has 1 heterocycles. The molecule has 2 rings (SSSR count). The molecular weight excluding hydrogens is 280 g/mol. The quantitative estimate of drug-likeness (QED) is 0.799. The summed E-state index contributed by atoms with van der Waals surface area (Å²) < 4.78 is 0. The summed E-state index contributed by atoms with van der Waals surface area (Å²) in [6.07, 6.45) is 15.6. The minimum atomic E-state index is 0.558. The zero-order valence-corrected chi connectivity index (χ0v) is 14.0. The van der Waals surface area contributed by atoms with E-state index in [1.807, 2.05) is 6.20 Å². The first-order valence-electron chi connectivity index (χ1n) is 8.63. The van der Waals surface area contributed by atoms with E-state index in [1.54, 1.807) is 6.20 Å². The van der Waals surface area contributed by atoms with Crippen molar-refractivity contribution in [1.82, 2.24) is 10.3 Å². The molecule has 2 nitrogen and oxygen atoms in total. The normalized spacial score (nSPS) is 19.0. The van der Waals surface area contributed by atoms with Crippen molar-refractivity contribution in [3.8, 4) is 0 Å². The Labute approximate surface area is 134 Å². The van der Waals surface area contributed by atoms with Crippen LogP contribution in [0.5, 0.6) is 0 Å². The molecule has 0 aliphatic heterocycles. The summed E-state index contributed by atoms with van der Waals surface area (Å²) >= 11 is 6.31. The predicted molar refractivity (Wildman–Crippen MR) is 90.8 cm³/mol. The van der Waals surface area contributed by atoms with Gasteiger partial charge in [-0.1, -0.05) is 50.6 Å². The van der Waals surface area contributed by atoms with Crippen LogP contribution in [-0.4, -0.2) is 17.6 Å². The van der Waals surface area contributed by atoms with Crippen molar-refractivity contribution >= 4 is 11.6 Å². The summed E-state index contributed by atoms with van der Waals surface area (Å²) in [5.74, 6) is 0.793. The lowest BCUT2D eigenvalue weighted by atomic mass is 9.83. The lowest BCUT2D eigenvalue weighted by Crippen LogP contribution is -2.39. The van der Waals surface area contributed by atoms with Gasteiger partial charge in [-0.3, -0.25) is 4.98 Å². The van der Waals surface area contributed by atoms with Gasteiger partial charge in [0.1, 0.15) is 0 Å². The van der Waals surface area contributed by atoms with Crippen LogP contribution in [0.2, 0.25) is 5.02 Å². The van der Waals surface area contributed by atoms with Crippen molar-refractivity contribution in [2.75, 3.05) is 6.54 Å². The van der Waals surface area contributed by atoms with E-state index < -0.39 is 0 Å². The topological polar surface area (TPSA) is 24.9 Å². The highest BCUT2D eigenvalue weighted by Crippen LogP contribution is 2.28. The van der Waals surface area contributed by atoms with Gasteiger partial charge in [-0.2, -0.15) is 0 Å². The van der Waals surface area contributed by atoms with Crippen molar-refractivity contribution in [3.05, 3.63) is 29.0 Å². The predicted octanol–water partition coefficient (Wildman–Crippen LogP) is 5.01. The van der Waals surface area contributed by atoms with Gasteiger partial charge in [-0.05, 0) is 49.8 Å². The van der Waals surface area contributed by atoms with E-state index in [4.69, 9.17) is 11.6 Å². The van der Waals surface area contributed by atoms with Crippen LogP contribution in [0.3, 0.4) is 0 Å². The van der Waals surface area contributed by atoms with Crippen LogP contribution in [0.1, 0.15) is 63.9 Å². The van der Waals surface area contributed by atoms with Gasteiger partial charge in [0.25, 0.3) is 0 Å². The van der Waals surface area contributed by atoms with E-state index in [-0.39, 0.29) is 0 Å². The first-order valence-corrected chi connectivity index (χ1v) is 9.00. The van der Waals surface area contributed by atoms with Crippen molar-refractivity contribution in [3.63, 3.8) is 0 Å². The average Bonchev–Trinajstić information content (AvgIpc) is 2.45. The maximum Gasteiger partial charge on any atom is 0.0621 e. The largest absolute Gasteiger partial charge is 0.313 e. The molecule has 1 aromatic heterocycles. The lowest BCUT2D eigenvalue weighted by Gasteiger charge is -2.30. The van der Waals surface area contributed by atoms with E-state index in [9.17, 15) is 0 Å². The van der Waals surface area contributed by atoms with Gasteiger partial charge in [-0.15, -0.1) is 0 Å². The monoisotopic (exact) mass is 308 g/mol. The van der Waals surface area contributed by atoms with Crippen LogP contribution in [0.25, 0.3) is 0 Å². The molecule has 1 aromatic rings. The fraction of sp³-hybridized carbons (Fsp3) is 0.722. The second kappa shape index (κ2) is 9.42. The number of aromatic nitrogens is 1. The maximum absolute atomic E-state index is 6.31. The number of pyridine rings is 1. The molecule has 0 aromatic carbocycles. The lowest BCUT2D eigenvalue weighted by molar-refractivity contribution is 0.283. The number of halogens is 1. The number of hydrogen-bond donors (Lipinski definition) is 1. The maximum atomic E-state index is 6.31. The molecule has 0 radical (unpaired) electrons. The third-order valence-corrected chi connectivity index (χ3v) is 5.01. The summed E-state index contributed by atoms with van der Waals surface area (Å²) in [5, 5.41) is 4.60. The van der Waals surface area contributed by atoms with E-state index in [1.165, 1.54) is 56.9 Å². The van der Waals surface area contributed by atoms with Crippen LogP contribution in [0, 0.1) is 5.92 Å². The molecule has 0 saturated heterocycles. The van der Waals surface area contributed by atoms with Gasteiger partial charge in [0.05, 0.1) is 5.02 Å².